The molecule has 0 spiro atoms. The Morgan fingerprint density at radius 1 is 1.35 bits per heavy atom. The molecule has 110 valence electrons. The van der Waals surface area contributed by atoms with Crippen molar-refractivity contribution in [2.45, 2.75) is 25.9 Å². The van der Waals surface area contributed by atoms with Crippen LogP contribution in [-0.2, 0) is 13.0 Å². The Morgan fingerprint density at radius 2 is 2.10 bits per heavy atom. The SMILES string of the molecule is CC(CNC(=O)NCCO)N1CCc2ccccc2C1. The van der Waals surface area contributed by atoms with Gasteiger partial charge in [-0.25, -0.2) is 4.79 Å². The van der Waals surface area contributed by atoms with E-state index in [2.05, 4.69) is 46.7 Å². The molecule has 0 saturated heterocycles. The lowest BCUT2D eigenvalue weighted by atomic mass is 9.99. The molecule has 2 rings (SSSR count). The van der Waals surface area contributed by atoms with Crippen molar-refractivity contribution in [3.8, 4) is 0 Å². The first kappa shape index (κ1) is 14.8. The fraction of sp³-hybridized carbons (Fsp3) is 0.533. The Morgan fingerprint density at radius 3 is 2.85 bits per heavy atom. The zero-order chi connectivity index (χ0) is 14.4. The van der Waals surface area contributed by atoms with Crippen LogP contribution in [0.25, 0.3) is 0 Å². The van der Waals surface area contributed by atoms with E-state index in [1.54, 1.807) is 0 Å². The van der Waals surface area contributed by atoms with E-state index in [0.29, 0.717) is 12.6 Å². The molecule has 1 aliphatic rings. The average Bonchev–Trinajstić information content (AvgIpc) is 2.50. The smallest absolute Gasteiger partial charge is 0.314 e. The normalized spacial score (nSPS) is 16.3. The van der Waals surface area contributed by atoms with Gasteiger partial charge in [-0.1, -0.05) is 24.3 Å². The second kappa shape index (κ2) is 7.26. The summed E-state index contributed by atoms with van der Waals surface area (Å²) >= 11 is 0. The molecule has 0 aliphatic carbocycles. The van der Waals surface area contributed by atoms with Crippen molar-refractivity contribution in [2.75, 3.05) is 26.2 Å². The third-order valence-corrected chi connectivity index (χ3v) is 3.74. The van der Waals surface area contributed by atoms with Gasteiger partial charge in [0.15, 0.2) is 0 Å². The lowest BCUT2D eigenvalue weighted by Crippen LogP contribution is -2.47. The zero-order valence-electron chi connectivity index (χ0n) is 11.9. The molecule has 0 fully saturated rings. The maximum atomic E-state index is 11.4. The van der Waals surface area contributed by atoms with E-state index in [9.17, 15) is 4.79 Å². The van der Waals surface area contributed by atoms with E-state index in [0.717, 1.165) is 19.5 Å². The standard InChI is InChI=1S/C15H23N3O2/c1-12(10-17-15(20)16-7-9-19)18-8-6-13-4-2-3-5-14(13)11-18/h2-5,12,19H,6-11H2,1H3,(H2,16,17,20). The Bertz CT molecular complexity index is 450. The van der Waals surface area contributed by atoms with Crippen molar-refractivity contribution in [3.63, 3.8) is 0 Å². The van der Waals surface area contributed by atoms with Gasteiger partial charge in [0.2, 0.25) is 0 Å². The topological polar surface area (TPSA) is 64.6 Å². The summed E-state index contributed by atoms with van der Waals surface area (Å²) in [6.07, 6.45) is 1.07. The number of carbonyl (C=O) groups excluding carboxylic acids is 1. The fourth-order valence-electron chi connectivity index (χ4n) is 2.50. The van der Waals surface area contributed by atoms with Gasteiger partial charge in [0.25, 0.3) is 0 Å². The van der Waals surface area contributed by atoms with Gasteiger partial charge in [-0.05, 0) is 24.5 Å². The van der Waals surface area contributed by atoms with E-state index in [1.165, 1.54) is 11.1 Å². The molecule has 5 heteroatoms. The summed E-state index contributed by atoms with van der Waals surface area (Å²) in [5, 5.41) is 14.1. The van der Waals surface area contributed by atoms with Crippen LogP contribution in [-0.4, -0.2) is 48.3 Å². The highest BCUT2D eigenvalue weighted by Crippen LogP contribution is 2.19. The van der Waals surface area contributed by atoms with Crippen LogP contribution < -0.4 is 10.6 Å². The van der Waals surface area contributed by atoms with Crippen LogP contribution in [0.2, 0.25) is 0 Å². The van der Waals surface area contributed by atoms with Crippen LogP contribution >= 0.6 is 0 Å². The van der Waals surface area contributed by atoms with Crippen molar-refractivity contribution in [1.29, 1.82) is 0 Å². The highest BCUT2D eigenvalue weighted by Gasteiger charge is 2.20. The Hall–Kier alpha value is -1.59. The number of nitrogens with zero attached hydrogens (tertiary/aromatic N) is 1. The van der Waals surface area contributed by atoms with Crippen molar-refractivity contribution in [2.24, 2.45) is 0 Å². The van der Waals surface area contributed by atoms with Gasteiger partial charge in [-0.15, -0.1) is 0 Å². The molecule has 0 bridgehead atoms. The summed E-state index contributed by atoms with van der Waals surface area (Å²) in [5.41, 5.74) is 2.82. The van der Waals surface area contributed by atoms with Crippen LogP contribution in [0.1, 0.15) is 18.1 Å². The second-order valence-corrected chi connectivity index (χ2v) is 5.20. The molecule has 3 N–H and O–H groups in total. The Labute approximate surface area is 120 Å². The third-order valence-electron chi connectivity index (χ3n) is 3.74. The van der Waals surface area contributed by atoms with Crippen molar-refractivity contribution in [1.82, 2.24) is 15.5 Å². The number of rotatable bonds is 5. The predicted octanol–water partition coefficient (Wildman–Crippen LogP) is 0.725. The van der Waals surface area contributed by atoms with E-state index in [1.807, 2.05) is 0 Å². The number of carbonyl (C=O) groups is 1. The van der Waals surface area contributed by atoms with Crippen LogP contribution in [0.15, 0.2) is 24.3 Å². The van der Waals surface area contributed by atoms with E-state index < -0.39 is 0 Å². The fourth-order valence-corrected chi connectivity index (χ4v) is 2.50. The maximum absolute atomic E-state index is 11.4. The molecule has 5 nitrogen and oxygen atoms in total. The number of hydrogen-bond acceptors (Lipinski definition) is 3. The van der Waals surface area contributed by atoms with Crippen LogP contribution in [0.5, 0.6) is 0 Å². The number of hydrogen-bond donors (Lipinski definition) is 3. The van der Waals surface area contributed by atoms with Gasteiger partial charge in [0.1, 0.15) is 0 Å². The van der Waals surface area contributed by atoms with Crippen LogP contribution in [0.3, 0.4) is 0 Å². The first-order valence-electron chi connectivity index (χ1n) is 7.14. The summed E-state index contributed by atoms with van der Waals surface area (Å²) in [6.45, 7) is 4.96. The molecule has 1 atom stereocenters. The lowest BCUT2D eigenvalue weighted by Gasteiger charge is -2.33. The monoisotopic (exact) mass is 277 g/mol. The van der Waals surface area contributed by atoms with Gasteiger partial charge >= 0.3 is 6.03 Å². The molecule has 1 unspecified atom stereocenters. The summed E-state index contributed by atoms with van der Waals surface area (Å²) in [5.74, 6) is 0. The van der Waals surface area contributed by atoms with Gasteiger partial charge in [0.05, 0.1) is 6.61 Å². The van der Waals surface area contributed by atoms with E-state index in [4.69, 9.17) is 5.11 Å². The molecule has 0 radical (unpaired) electrons. The second-order valence-electron chi connectivity index (χ2n) is 5.20. The first-order chi connectivity index (χ1) is 9.70. The quantitative estimate of drug-likeness (QED) is 0.743. The van der Waals surface area contributed by atoms with Gasteiger partial charge < -0.3 is 15.7 Å². The number of amides is 2. The summed E-state index contributed by atoms with van der Waals surface area (Å²) in [7, 11) is 0. The van der Waals surface area contributed by atoms with Crippen molar-refractivity contribution >= 4 is 6.03 Å². The molecule has 0 saturated carbocycles. The van der Waals surface area contributed by atoms with Gasteiger partial charge in [-0.3, -0.25) is 4.90 Å². The molecule has 20 heavy (non-hydrogen) atoms. The number of benzene rings is 1. The molecule has 1 aliphatic heterocycles. The Balaban J connectivity index is 1.79. The summed E-state index contributed by atoms with van der Waals surface area (Å²) < 4.78 is 0. The Kier molecular flexibility index (Phi) is 5.38. The minimum Gasteiger partial charge on any atom is -0.395 e. The number of aliphatic hydroxyl groups excluding tert-OH is 1. The minimum absolute atomic E-state index is 0.0358. The summed E-state index contributed by atoms with van der Waals surface area (Å²) in [4.78, 5) is 13.8. The lowest BCUT2D eigenvalue weighted by molar-refractivity contribution is 0.184. The number of urea groups is 1. The first-order valence-corrected chi connectivity index (χ1v) is 7.14. The maximum Gasteiger partial charge on any atom is 0.314 e. The van der Waals surface area contributed by atoms with Gasteiger partial charge in [-0.2, -0.15) is 0 Å². The molecular formula is C15H23N3O2. The highest BCUT2D eigenvalue weighted by molar-refractivity contribution is 5.73. The highest BCUT2D eigenvalue weighted by atomic mass is 16.3. The summed E-state index contributed by atoms with van der Waals surface area (Å²) in [6, 6.07) is 8.61. The van der Waals surface area contributed by atoms with E-state index >= 15 is 0 Å². The largest absolute Gasteiger partial charge is 0.395 e. The number of nitrogens with one attached hydrogen (secondary N) is 2. The number of fused-ring (bicyclic) bond motifs is 1. The molecular weight excluding hydrogens is 254 g/mol. The van der Waals surface area contributed by atoms with Crippen molar-refractivity contribution in [3.05, 3.63) is 35.4 Å². The number of aliphatic hydroxyl groups is 1. The van der Waals surface area contributed by atoms with Crippen LogP contribution in [0.4, 0.5) is 4.79 Å². The van der Waals surface area contributed by atoms with Crippen LogP contribution in [0, 0.1) is 0 Å². The third kappa shape index (κ3) is 3.95. The molecule has 1 heterocycles. The molecule has 1 aromatic carbocycles. The van der Waals surface area contributed by atoms with Crippen molar-refractivity contribution < 1.29 is 9.90 Å². The average molecular weight is 277 g/mol. The molecule has 1 aromatic rings. The van der Waals surface area contributed by atoms with Gasteiger partial charge in [0, 0.05) is 32.2 Å². The predicted molar refractivity (Wildman–Crippen MR) is 78.5 cm³/mol. The van der Waals surface area contributed by atoms with E-state index in [-0.39, 0.29) is 19.2 Å². The minimum atomic E-state index is -0.219. The molecule has 0 aromatic heterocycles. The molecule has 2 amide bonds. The zero-order valence-corrected chi connectivity index (χ0v) is 11.9.